The van der Waals surface area contributed by atoms with Gasteiger partial charge in [-0.15, -0.1) is 0 Å². The van der Waals surface area contributed by atoms with Crippen LogP contribution in [0.1, 0.15) is 23.3 Å². The van der Waals surface area contributed by atoms with Crippen LogP contribution >= 0.6 is 0 Å². The zero-order chi connectivity index (χ0) is 16.2. The highest BCUT2D eigenvalue weighted by Crippen LogP contribution is 2.25. The molecule has 2 aromatic rings. The second-order valence-electron chi connectivity index (χ2n) is 5.75. The first-order chi connectivity index (χ1) is 11.2. The molecule has 1 unspecified atom stereocenters. The number of likely N-dealkylation sites (tertiary alicyclic amines) is 1. The number of carbonyl (C=O) groups is 1. The molecule has 23 heavy (non-hydrogen) atoms. The minimum Gasteiger partial charge on any atom is -0.497 e. The average molecular weight is 316 g/mol. The predicted octanol–water partition coefficient (Wildman–Crippen LogP) is 2.19. The standard InChI is InChI=1S/C17H20N2O4/c1-22-14-6-2-5-13(8-14)16-9-15(18-23-16)17(21)19-7-3-4-12(10-19)11-20/h2,5-6,8-9,12,20H,3-4,7,10-11H2,1H3. The van der Waals surface area contributed by atoms with E-state index < -0.39 is 0 Å². The fourth-order valence-corrected chi connectivity index (χ4v) is 2.85. The number of benzene rings is 1. The Morgan fingerprint density at radius 2 is 2.35 bits per heavy atom. The molecule has 0 radical (unpaired) electrons. The summed E-state index contributed by atoms with van der Waals surface area (Å²) >= 11 is 0. The lowest BCUT2D eigenvalue weighted by molar-refractivity contribution is 0.0611. The normalized spacial score (nSPS) is 18.0. The number of aliphatic hydroxyl groups excluding tert-OH is 1. The molecule has 1 fully saturated rings. The van der Waals surface area contributed by atoms with Crippen LogP contribution in [0.5, 0.6) is 5.75 Å². The fraction of sp³-hybridized carbons (Fsp3) is 0.412. The number of hydrogen-bond donors (Lipinski definition) is 1. The van der Waals surface area contributed by atoms with Crippen molar-refractivity contribution in [1.82, 2.24) is 10.1 Å². The zero-order valence-corrected chi connectivity index (χ0v) is 13.1. The molecule has 1 saturated heterocycles. The summed E-state index contributed by atoms with van der Waals surface area (Å²) in [6.45, 7) is 1.37. The van der Waals surface area contributed by atoms with Gasteiger partial charge in [0.2, 0.25) is 0 Å². The van der Waals surface area contributed by atoms with Crippen LogP contribution in [-0.4, -0.2) is 47.9 Å². The van der Waals surface area contributed by atoms with Gasteiger partial charge in [0.15, 0.2) is 11.5 Å². The maximum Gasteiger partial charge on any atom is 0.276 e. The van der Waals surface area contributed by atoms with E-state index in [0.717, 1.165) is 18.4 Å². The Kier molecular flexibility index (Phi) is 4.62. The van der Waals surface area contributed by atoms with Crippen molar-refractivity contribution in [3.8, 4) is 17.1 Å². The molecule has 0 saturated carbocycles. The van der Waals surface area contributed by atoms with Gasteiger partial charge in [-0.1, -0.05) is 17.3 Å². The van der Waals surface area contributed by atoms with Crippen LogP contribution in [0.25, 0.3) is 11.3 Å². The lowest BCUT2D eigenvalue weighted by atomic mass is 9.99. The number of aliphatic hydroxyl groups is 1. The van der Waals surface area contributed by atoms with Gasteiger partial charge in [0.25, 0.3) is 5.91 Å². The van der Waals surface area contributed by atoms with Crippen molar-refractivity contribution in [2.24, 2.45) is 5.92 Å². The van der Waals surface area contributed by atoms with Gasteiger partial charge >= 0.3 is 0 Å². The maximum atomic E-state index is 12.5. The van der Waals surface area contributed by atoms with Gasteiger partial charge in [0.1, 0.15) is 5.75 Å². The molecule has 6 heteroatoms. The van der Waals surface area contributed by atoms with Crippen molar-refractivity contribution in [3.05, 3.63) is 36.0 Å². The Morgan fingerprint density at radius 1 is 1.48 bits per heavy atom. The quantitative estimate of drug-likeness (QED) is 0.936. The lowest BCUT2D eigenvalue weighted by Gasteiger charge is -2.31. The first-order valence-electron chi connectivity index (χ1n) is 7.72. The van der Waals surface area contributed by atoms with Crippen LogP contribution in [0, 0.1) is 5.92 Å². The highest BCUT2D eigenvalue weighted by molar-refractivity contribution is 5.93. The van der Waals surface area contributed by atoms with Crippen molar-refractivity contribution in [1.29, 1.82) is 0 Å². The summed E-state index contributed by atoms with van der Waals surface area (Å²) < 4.78 is 10.5. The van der Waals surface area contributed by atoms with E-state index in [4.69, 9.17) is 9.26 Å². The van der Waals surface area contributed by atoms with E-state index in [0.29, 0.717) is 30.3 Å². The van der Waals surface area contributed by atoms with Crippen LogP contribution in [0.2, 0.25) is 0 Å². The molecule has 1 N–H and O–H groups in total. The molecule has 0 aliphatic carbocycles. The summed E-state index contributed by atoms with van der Waals surface area (Å²) in [6.07, 6.45) is 1.85. The molecule has 122 valence electrons. The minimum absolute atomic E-state index is 0.109. The van der Waals surface area contributed by atoms with E-state index >= 15 is 0 Å². The molecule has 1 aliphatic heterocycles. The minimum atomic E-state index is -0.152. The van der Waals surface area contributed by atoms with Gasteiger partial charge in [-0.2, -0.15) is 0 Å². The molecule has 1 aromatic carbocycles. The van der Waals surface area contributed by atoms with Crippen molar-refractivity contribution in [3.63, 3.8) is 0 Å². The largest absolute Gasteiger partial charge is 0.497 e. The van der Waals surface area contributed by atoms with Crippen LogP contribution in [0.15, 0.2) is 34.9 Å². The number of ether oxygens (including phenoxy) is 1. The van der Waals surface area contributed by atoms with Gasteiger partial charge in [0, 0.05) is 31.3 Å². The van der Waals surface area contributed by atoms with Crippen molar-refractivity contribution in [2.75, 3.05) is 26.8 Å². The van der Waals surface area contributed by atoms with Gasteiger partial charge in [-0.3, -0.25) is 4.79 Å². The van der Waals surface area contributed by atoms with Crippen molar-refractivity contribution >= 4 is 5.91 Å². The molecule has 6 nitrogen and oxygen atoms in total. The second-order valence-corrected chi connectivity index (χ2v) is 5.75. The molecule has 1 atom stereocenters. The molecular formula is C17H20N2O4. The third-order valence-electron chi connectivity index (χ3n) is 4.15. The molecular weight excluding hydrogens is 296 g/mol. The topological polar surface area (TPSA) is 75.8 Å². The Balaban J connectivity index is 1.77. The number of piperidine rings is 1. The summed E-state index contributed by atoms with van der Waals surface area (Å²) in [5.41, 5.74) is 1.10. The molecule has 0 spiro atoms. The zero-order valence-electron chi connectivity index (χ0n) is 13.1. The number of carbonyl (C=O) groups excluding carboxylic acids is 1. The lowest BCUT2D eigenvalue weighted by Crippen LogP contribution is -2.41. The number of rotatable bonds is 4. The summed E-state index contributed by atoms with van der Waals surface area (Å²) in [6, 6.07) is 9.06. The van der Waals surface area contributed by atoms with E-state index in [9.17, 15) is 9.90 Å². The van der Waals surface area contributed by atoms with Crippen LogP contribution < -0.4 is 4.74 Å². The number of methoxy groups -OCH3 is 1. The SMILES string of the molecule is COc1cccc(-c2cc(C(=O)N3CCCC(CO)C3)no2)c1. The van der Waals surface area contributed by atoms with E-state index in [1.54, 1.807) is 18.1 Å². The third-order valence-corrected chi connectivity index (χ3v) is 4.15. The Morgan fingerprint density at radius 3 is 3.13 bits per heavy atom. The Bertz CT molecular complexity index is 683. The molecule has 2 heterocycles. The molecule has 1 aromatic heterocycles. The molecule has 0 bridgehead atoms. The van der Waals surface area contributed by atoms with E-state index in [1.165, 1.54) is 0 Å². The van der Waals surface area contributed by atoms with Crippen molar-refractivity contribution in [2.45, 2.75) is 12.8 Å². The van der Waals surface area contributed by atoms with E-state index in [-0.39, 0.29) is 18.4 Å². The highest BCUT2D eigenvalue weighted by atomic mass is 16.5. The van der Waals surface area contributed by atoms with Gasteiger partial charge in [-0.05, 0) is 30.9 Å². The summed E-state index contributed by atoms with van der Waals surface area (Å²) in [4.78, 5) is 14.3. The van der Waals surface area contributed by atoms with Crippen LogP contribution in [-0.2, 0) is 0 Å². The molecule has 1 aliphatic rings. The molecule has 1 amide bonds. The van der Waals surface area contributed by atoms with Crippen LogP contribution in [0.3, 0.4) is 0 Å². The number of nitrogens with zero attached hydrogens (tertiary/aromatic N) is 2. The summed E-state index contributed by atoms with van der Waals surface area (Å²) in [7, 11) is 1.60. The Labute approximate surface area is 134 Å². The first kappa shape index (κ1) is 15.6. The summed E-state index contributed by atoms with van der Waals surface area (Å²) in [5, 5.41) is 13.2. The third kappa shape index (κ3) is 3.37. The Hall–Kier alpha value is -2.34. The molecule has 3 rings (SSSR count). The van der Waals surface area contributed by atoms with Gasteiger partial charge < -0.3 is 19.3 Å². The van der Waals surface area contributed by atoms with Crippen LogP contribution in [0.4, 0.5) is 0 Å². The fourth-order valence-electron chi connectivity index (χ4n) is 2.85. The highest BCUT2D eigenvalue weighted by Gasteiger charge is 2.26. The van der Waals surface area contributed by atoms with Crippen molar-refractivity contribution < 1.29 is 19.2 Å². The summed E-state index contributed by atoms with van der Waals surface area (Å²) in [5.74, 6) is 1.25. The number of hydrogen-bond acceptors (Lipinski definition) is 5. The monoisotopic (exact) mass is 316 g/mol. The second kappa shape index (κ2) is 6.83. The first-order valence-corrected chi connectivity index (χ1v) is 7.72. The van der Waals surface area contributed by atoms with E-state index in [1.807, 2.05) is 24.3 Å². The van der Waals surface area contributed by atoms with Gasteiger partial charge in [0.05, 0.1) is 7.11 Å². The van der Waals surface area contributed by atoms with E-state index in [2.05, 4.69) is 5.16 Å². The number of aromatic nitrogens is 1. The smallest absolute Gasteiger partial charge is 0.276 e. The number of amides is 1. The predicted molar refractivity (Wildman–Crippen MR) is 84.2 cm³/mol. The average Bonchev–Trinajstić information content (AvgIpc) is 3.11. The maximum absolute atomic E-state index is 12.5. The van der Waals surface area contributed by atoms with Gasteiger partial charge in [-0.25, -0.2) is 0 Å².